The smallest absolute Gasteiger partial charge is 0.337 e. The van der Waals surface area contributed by atoms with Crippen LogP contribution in [0.3, 0.4) is 0 Å². The monoisotopic (exact) mass is 280 g/mol. The Morgan fingerprint density at radius 1 is 1.30 bits per heavy atom. The number of carbonyl (C=O) groups is 2. The molecule has 5 nitrogen and oxygen atoms in total. The second kappa shape index (κ2) is 7.12. The van der Waals surface area contributed by atoms with Gasteiger partial charge in [-0.15, -0.1) is 0 Å². The van der Waals surface area contributed by atoms with Crippen molar-refractivity contribution in [2.75, 3.05) is 13.1 Å². The van der Waals surface area contributed by atoms with E-state index >= 15 is 0 Å². The molecule has 0 radical (unpaired) electrons. The molecule has 20 heavy (non-hydrogen) atoms. The number of carboxylic acid groups (broad SMARTS) is 1. The van der Waals surface area contributed by atoms with Gasteiger partial charge in [0.15, 0.2) is 0 Å². The van der Waals surface area contributed by atoms with Crippen molar-refractivity contribution in [1.29, 1.82) is 0 Å². The van der Waals surface area contributed by atoms with Gasteiger partial charge in [0.05, 0.1) is 5.56 Å². The van der Waals surface area contributed by atoms with Crippen LogP contribution in [-0.4, -0.2) is 39.5 Å². The zero-order valence-electron chi connectivity index (χ0n) is 12.7. The molecule has 0 atom stereocenters. The average molecular weight is 280 g/mol. The number of likely N-dealkylation sites (N-methyl/N-ethyl adjacent to an activating group) is 1. The van der Waals surface area contributed by atoms with Crippen LogP contribution in [0, 0.1) is 5.92 Å². The molecule has 1 aromatic heterocycles. The van der Waals surface area contributed by atoms with Crippen LogP contribution in [0.25, 0.3) is 0 Å². The Morgan fingerprint density at radius 3 is 2.35 bits per heavy atom. The van der Waals surface area contributed by atoms with Crippen LogP contribution < -0.4 is 0 Å². The zero-order valence-corrected chi connectivity index (χ0v) is 12.7. The molecule has 0 aliphatic heterocycles. The number of hydrogen-bond acceptors (Lipinski definition) is 2. The van der Waals surface area contributed by atoms with E-state index in [1.807, 2.05) is 27.7 Å². The van der Waals surface area contributed by atoms with Crippen molar-refractivity contribution in [3.05, 3.63) is 23.5 Å². The van der Waals surface area contributed by atoms with Gasteiger partial charge in [-0.05, 0) is 32.3 Å². The standard InChI is InChI=1S/C15H24N2O3/c1-5-16(6-2)14(18)10-17-8-7-12(15(19)20)13(17)9-11(3)4/h7-8,11H,5-6,9-10H2,1-4H3,(H,19,20). The maximum atomic E-state index is 12.1. The topological polar surface area (TPSA) is 62.5 Å². The van der Waals surface area contributed by atoms with Gasteiger partial charge in [0, 0.05) is 25.0 Å². The number of hydrogen-bond donors (Lipinski definition) is 1. The van der Waals surface area contributed by atoms with Crippen LogP contribution in [0.5, 0.6) is 0 Å². The Labute approximate surface area is 120 Å². The lowest BCUT2D eigenvalue weighted by atomic mass is 10.0. The van der Waals surface area contributed by atoms with Crippen LogP contribution in [-0.2, 0) is 17.8 Å². The lowest BCUT2D eigenvalue weighted by molar-refractivity contribution is -0.131. The maximum absolute atomic E-state index is 12.1. The van der Waals surface area contributed by atoms with Crippen molar-refractivity contribution >= 4 is 11.9 Å². The summed E-state index contributed by atoms with van der Waals surface area (Å²) >= 11 is 0. The van der Waals surface area contributed by atoms with Crippen molar-refractivity contribution in [1.82, 2.24) is 9.47 Å². The van der Waals surface area contributed by atoms with E-state index in [-0.39, 0.29) is 12.5 Å². The van der Waals surface area contributed by atoms with Crippen molar-refractivity contribution in [2.45, 2.75) is 40.7 Å². The van der Waals surface area contributed by atoms with Gasteiger partial charge < -0.3 is 14.6 Å². The first kappa shape index (κ1) is 16.3. The summed E-state index contributed by atoms with van der Waals surface area (Å²) < 4.78 is 1.77. The highest BCUT2D eigenvalue weighted by atomic mass is 16.4. The molecule has 0 aliphatic carbocycles. The van der Waals surface area contributed by atoms with E-state index in [1.165, 1.54) is 0 Å². The molecule has 1 aromatic rings. The summed E-state index contributed by atoms with van der Waals surface area (Å²) in [6.07, 6.45) is 2.35. The Balaban J connectivity index is 3.00. The first-order valence-electron chi connectivity index (χ1n) is 7.09. The van der Waals surface area contributed by atoms with E-state index in [9.17, 15) is 14.7 Å². The summed E-state index contributed by atoms with van der Waals surface area (Å²) in [5.41, 5.74) is 1.03. The van der Waals surface area contributed by atoms with Gasteiger partial charge in [0.2, 0.25) is 5.91 Å². The molecule has 1 rings (SSSR count). The SMILES string of the molecule is CCN(CC)C(=O)Cn1ccc(C(=O)O)c1CC(C)C. The fourth-order valence-corrected chi connectivity index (χ4v) is 2.28. The van der Waals surface area contributed by atoms with Gasteiger partial charge in [0.25, 0.3) is 0 Å². The van der Waals surface area contributed by atoms with Gasteiger partial charge in [-0.25, -0.2) is 4.79 Å². The minimum atomic E-state index is -0.935. The Bertz CT molecular complexity index is 473. The summed E-state index contributed by atoms with van der Waals surface area (Å²) in [4.78, 5) is 25.1. The molecule has 0 unspecified atom stereocenters. The molecule has 0 fully saturated rings. The van der Waals surface area contributed by atoms with Crippen molar-refractivity contribution in [3.8, 4) is 0 Å². The number of nitrogens with zero attached hydrogens (tertiary/aromatic N) is 2. The number of rotatable bonds is 7. The maximum Gasteiger partial charge on any atom is 0.337 e. The number of aromatic carboxylic acids is 1. The number of aromatic nitrogens is 1. The molecular formula is C15H24N2O3. The number of carboxylic acids is 1. The lowest BCUT2D eigenvalue weighted by Gasteiger charge is -2.20. The van der Waals surface area contributed by atoms with Crippen LogP contribution in [0.15, 0.2) is 12.3 Å². The molecular weight excluding hydrogens is 256 g/mol. The molecule has 0 aromatic carbocycles. The third-order valence-corrected chi connectivity index (χ3v) is 3.33. The molecule has 0 bridgehead atoms. The fourth-order valence-electron chi connectivity index (χ4n) is 2.28. The van der Waals surface area contributed by atoms with Gasteiger partial charge in [-0.3, -0.25) is 4.79 Å². The predicted octanol–water partition coefficient (Wildman–Crippen LogP) is 2.25. The van der Waals surface area contributed by atoms with Crippen molar-refractivity contribution in [2.24, 2.45) is 5.92 Å². The highest BCUT2D eigenvalue weighted by Crippen LogP contribution is 2.16. The summed E-state index contributed by atoms with van der Waals surface area (Å²) in [5.74, 6) is -0.576. The minimum absolute atomic E-state index is 0.0209. The molecule has 0 spiro atoms. The van der Waals surface area contributed by atoms with Crippen LogP contribution in [0.1, 0.15) is 43.7 Å². The molecule has 5 heteroatoms. The highest BCUT2D eigenvalue weighted by molar-refractivity contribution is 5.89. The normalized spacial score (nSPS) is 10.8. The summed E-state index contributed by atoms with van der Waals surface area (Å²) in [6.45, 7) is 9.49. The van der Waals surface area contributed by atoms with E-state index in [0.717, 1.165) is 5.69 Å². The highest BCUT2D eigenvalue weighted by Gasteiger charge is 2.19. The zero-order chi connectivity index (χ0) is 15.3. The van der Waals surface area contributed by atoms with Gasteiger partial charge in [-0.1, -0.05) is 13.8 Å². The lowest BCUT2D eigenvalue weighted by Crippen LogP contribution is -2.33. The second-order valence-electron chi connectivity index (χ2n) is 5.27. The van der Waals surface area contributed by atoms with Crippen LogP contribution >= 0.6 is 0 Å². The van der Waals surface area contributed by atoms with Gasteiger partial charge in [0.1, 0.15) is 6.54 Å². The Morgan fingerprint density at radius 2 is 1.90 bits per heavy atom. The number of carbonyl (C=O) groups excluding carboxylic acids is 1. The Kier molecular flexibility index (Phi) is 5.80. The van der Waals surface area contributed by atoms with E-state index in [4.69, 9.17) is 0 Å². The number of amides is 1. The van der Waals surface area contributed by atoms with Gasteiger partial charge >= 0.3 is 5.97 Å². The van der Waals surface area contributed by atoms with Crippen LogP contribution in [0.4, 0.5) is 0 Å². The first-order valence-corrected chi connectivity index (χ1v) is 7.09. The summed E-state index contributed by atoms with van der Waals surface area (Å²) in [5, 5.41) is 9.22. The van der Waals surface area contributed by atoms with Gasteiger partial charge in [-0.2, -0.15) is 0 Å². The third-order valence-electron chi connectivity index (χ3n) is 3.33. The quantitative estimate of drug-likeness (QED) is 0.833. The van der Waals surface area contributed by atoms with Crippen LogP contribution in [0.2, 0.25) is 0 Å². The third kappa shape index (κ3) is 3.85. The average Bonchev–Trinajstić information content (AvgIpc) is 2.73. The molecule has 1 heterocycles. The first-order chi connectivity index (χ1) is 9.40. The molecule has 0 aliphatic rings. The predicted molar refractivity (Wildman–Crippen MR) is 77.9 cm³/mol. The fraction of sp³-hybridized carbons (Fsp3) is 0.600. The summed E-state index contributed by atoms with van der Waals surface area (Å²) in [7, 11) is 0. The Hall–Kier alpha value is -1.78. The molecule has 112 valence electrons. The molecule has 1 amide bonds. The van der Waals surface area contributed by atoms with E-state index < -0.39 is 5.97 Å². The molecule has 0 saturated carbocycles. The van der Waals surface area contributed by atoms with Crippen molar-refractivity contribution in [3.63, 3.8) is 0 Å². The largest absolute Gasteiger partial charge is 0.478 e. The molecule has 1 N–H and O–H groups in total. The van der Waals surface area contributed by atoms with E-state index in [2.05, 4.69) is 0 Å². The van der Waals surface area contributed by atoms with E-state index in [0.29, 0.717) is 31.0 Å². The summed E-state index contributed by atoms with van der Waals surface area (Å²) in [6, 6.07) is 1.58. The minimum Gasteiger partial charge on any atom is -0.478 e. The van der Waals surface area contributed by atoms with E-state index in [1.54, 1.807) is 21.7 Å². The van der Waals surface area contributed by atoms with Crippen molar-refractivity contribution < 1.29 is 14.7 Å². The second-order valence-corrected chi connectivity index (χ2v) is 5.27. The molecule has 0 saturated heterocycles.